The van der Waals surface area contributed by atoms with E-state index in [0.717, 1.165) is 24.8 Å². The van der Waals surface area contributed by atoms with Gasteiger partial charge in [0, 0.05) is 26.2 Å². The van der Waals surface area contributed by atoms with Crippen molar-refractivity contribution in [1.82, 2.24) is 10.2 Å². The summed E-state index contributed by atoms with van der Waals surface area (Å²) in [5.41, 5.74) is 7.52. The van der Waals surface area contributed by atoms with E-state index in [1.807, 2.05) is 17.0 Å². The molecule has 0 unspecified atom stereocenters. The van der Waals surface area contributed by atoms with Crippen LogP contribution in [0.4, 0.5) is 0 Å². The maximum atomic E-state index is 12.9. The van der Waals surface area contributed by atoms with Crippen LogP contribution >= 0.6 is 0 Å². The number of nitrogens with one attached hydrogen (secondary N) is 1. The van der Waals surface area contributed by atoms with Crippen molar-refractivity contribution in [1.29, 1.82) is 0 Å². The minimum atomic E-state index is -0.501. The third-order valence-electron chi connectivity index (χ3n) is 6.22. The average molecular weight is 357 g/mol. The highest BCUT2D eigenvalue weighted by atomic mass is 16.5. The molecular formula is C20H27N3O3. The number of benzene rings is 1. The molecule has 0 aromatic heterocycles. The quantitative estimate of drug-likeness (QED) is 0.829. The van der Waals surface area contributed by atoms with Crippen molar-refractivity contribution in [3.8, 4) is 0 Å². The number of ether oxygens (including phenoxy) is 1. The topological polar surface area (TPSA) is 84.7 Å². The second-order valence-electron chi connectivity index (χ2n) is 7.66. The van der Waals surface area contributed by atoms with Crippen molar-refractivity contribution in [3.05, 3.63) is 35.4 Å². The molecule has 0 saturated carbocycles. The van der Waals surface area contributed by atoms with Gasteiger partial charge < -0.3 is 20.7 Å². The van der Waals surface area contributed by atoms with Gasteiger partial charge in [-0.15, -0.1) is 0 Å². The Morgan fingerprint density at radius 2 is 2.04 bits per heavy atom. The largest absolute Gasteiger partial charge is 0.364 e. The van der Waals surface area contributed by atoms with Crippen molar-refractivity contribution < 1.29 is 14.3 Å². The first kappa shape index (κ1) is 17.5. The summed E-state index contributed by atoms with van der Waals surface area (Å²) in [4.78, 5) is 27.5. The number of carbonyl (C=O) groups excluding carboxylic acids is 2. The summed E-state index contributed by atoms with van der Waals surface area (Å²) in [6.45, 7) is 2.24. The molecule has 3 heterocycles. The van der Waals surface area contributed by atoms with Gasteiger partial charge in [0.15, 0.2) is 0 Å². The van der Waals surface area contributed by atoms with Crippen molar-refractivity contribution in [2.75, 3.05) is 19.6 Å². The van der Waals surface area contributed by atoms with Gasteiger partial charge in [0.05, 0.1) is 11.5 Å². The zero-order valence-corrected chi connectivity index (χ0v) is 15.1. The minimum Gasteiger partial charge on any atom is -0.364 e. The van der Waals surface area contributed by atoms with Crippen LogP contribution in [-0.2, 0) is 26.3 Å². The van der Waals surface area contributed by atoms with Gasteiger partial charge in [-0.3, -0.25) is 9.59 Å². The van der Waals surface area contributed by atoms with E-state index in [2.05, 4.69) is 17.4 Å². The average Bonchev–Trinajstić information content (AvgIpc) is 2.71. The predicted molar refractivity (Wildman–Crippen MR) is 97.3 cm³/mol. The molecule has 6 heteroatoms. The Bertz CT molecular complexity index is 697. The van der Waals surface area contributed by atoms with Gasteiger partial charge >= 0.3 is 0 Å². The smallest absolute Gasteiger partial charge is 0.251 e. The zero-order chi connectivity index (χ0) is 18.1. The number of rotatable bonds is 2. The fourth-order valence-electron chi connectivity index (χ4n) is 4.67. The lowest BCUT2D eigenvalue weighted by atomic mass is 9.68. The summed E-state index contributed by atoms with van der Waals surface area (Å²) in [7, 11) is 0. The Hall–Kier alpha value is -1.92. The molecular weight excluding hydrogens is 330 g/mol. The molecule has 0 radical (unpaired) electrons. The van der Waals surface area contributed by atoms with Gasteiger partial charge in [0.25, 0.3) is 5.91 Å². The van der Waals surface area contributed by atoms with Crippen LogP contribution in [0.5, 0.6) is 0 Å². The van der Waals surface area contributed by atoms with Crippen LogP contribution in [0.2, 0.25) is 0 Å². The second kappa shape index (κ2) is 7.00. The van der Waals surface area contributed by atoms with Gasteiger partial charge in [-0.25, -0.2) is 0 Å². The first-order valence-corrected chi connectivity index (χ1v) is 9.65. The number of likely N-dealkylation sites (tertiary alicyclic amines) is 1. The molecule has 26 heavy (non-hydrogen) atoms. The molecule has 3 aliphatic heterocycles. The van der Waals surface area contributed by atoms with Crippen LogP contribution in [-0.4, -0.2) is 48.6 Å². The van der Waals surface area contributed by atoms with E-state index in [1.165, 1.54) is 5.56 Å². The molecule has 2 saturated heterocycles. The summed E-state index contributed by atoms with van der Waals surface area (Å²) in [6.07, 6.45) is 3.61. The van der Waals surface area contributed by atoms with Crippen molar-refractivity contribution >= 4 is 11.8 Å². The number of carbonyl (C=O) groups is 2. The Kier molecular flexibility index (Phi) is 4.71. The van der Waals surface area contributed by atoms with Crippen LogP contribution in [0, 0.1) is 0 Å². The Balaban J connectivity index is 1.47. The molecule has 6 nitrogen and oxygen atoms in total. The molecule has 2 fully saturated rings. The molecule has 2 amide bonds. The van der Waals surface area contributed by atoms with Gasteiger partial charge in [-0.2, -0.15) is 0 Å². The van der Waals surface area contributed by atoms with Crippen LogP contribution in [0.1, 0.15) is 43.2 Å². The maximum absolute atomic E-state index is 12.9. The molecule has 1 aromatic carbocycles. The first-order valence-electron chi connectivity index (χ1n) is 9.65. The van der Waals surface area contributed by atoms with E-state index in [9.17, 15) is 9.59 Å². The third kappa shape index (κ3) is 2.91. The second-order valence-corrected chi connectivity index (χ2v) is 7.66. The normalized spacial score (nSPS) is 27.7. The summed E-state index contributed by atoms with van der Waals surface area (Å²) in [5.74, 6) is 0.155. The lowest BCUT2D eigenvalue weighted by Crippen LogP contribution is -2.56. The molecule has 140 valence electrons. The fraction of sp³-hybridized carbons (Fsp3) is 0.600. The van der Waals surface area contributed by atoms with Gasteiger partial charge in [-0.05, 0) is 43.2 Å². The van der Waals surface area contributed by atoms with Crippen LogP contribution in [0.3, 0.4) is 0 Å². The minimum absolute atomic E-state index is 0.00941. The van der Waals surface area contributed by atoms with E-state index < -0.39 is 5.41 Å². The molecule has 4 rings (SSSR count). The van der Waals surface area contributed by atoms with E-state index in [1.54, 1.807) is 0 Å². The highest BCUT2D eigenvalue weighted by molar-refractivity contribution is 5.91. The summed E-state index contributed by atoms with van der Waals surface area (Å²) in [5, 5.41) is 3.04. The SMILES string of the molecule is NC[C@@H]1CCC[C@H](C(=O)N2CCC3(CC2)C(=O)NCc2ccccc23)O1. The number of fused-ring (bicyclic) bond motifs is 2. The van der Waals surface area contributed by atoms with E-state index in [4.69, 9.17) is 10.5 Å². The third-order valence-corrected chi connectivity index (χ3v) is 6.22. The lowest BCUT2D eigenvalue weighted by Gasteiger charge is -2.45. The molecule has 0 bridgehead atoms. The van der Waals surface area contributed by atoms with Crippen LogP contribution in [0.25, 0.3) is 0 Å². The molecule has 1 aromatic rings. The monoisotopic (exact) mass is 357 g/mol. The van der Waals surface area contributed by atoms with E-state index in [0.29, 0.717) is 39.0 Å². The molecule has 3 aliphatic rings. The lowest BCUT2D eigenvalue weighted by molar-refractivity contribution is -0.154. The summed E-state index contributed by atoms with van der Waals surface area (Å²) in [6, 6.07) is 8.16. The van der Waals surface area contributed by atoms with Crippen molar-refractivity contribution in [2.24, 2.45) is 5.73 Å². The highest BCUT2D eigenvalue weighted by Crippen LogP contribution is 2.40. The van der Waals surface area contributed by atoms with E-state index in [-0.39, 0.29) is 24.0 Å². The van der Waals surface area contributed by atoms with Crippen LogP contribution < -0.4 is 11.1 Å². The molecule has 1 spiro atoms. The molecule has 0 aliphatic carbocycles. The fourth-order valence-corrected chi connectivity index (χ4v) is 4.67. The van der Waals surface area contributed by atoms with Crippen molar-refractivity contribution in [3.63, 3.8) is 0 Å². The summed E-state index contributed by atoms with van der Waals surface area (Å²) >= 11 is 0. The molecule has 3 N–H and O–H groups in total. The highest BCUT2D eigenvalue weighted by Gasteiger charge is 2.47. The number of nitrogens with zero attached hydrogens (tertiary/aromatic N) is 1. The number of nitrogens with two attached hydrogens (primary N) is 1. The van der Waals surface area contributed by atoms with E-state index >= 15 is 0 Å². The number of hydrogen-bond donors (Lipinski definition) is 2. The Morgan fingerprint density at radius 1 is 1.27 bits per heavy atom. The zero-order valence-electron chi connectivity index (χ0n) is 15.1. The molecule has 2 atom stereocenters. The maximum Gasteiger partial charge on any atom is 0.251 e. The standard InChI is InChI=1S/C20H27N3O3/c21-12-15-5-3-7-17(26-15)18(24)23-10-8-20(9-11-23)16-6-2-1-4-14(16)13-22-19(20)25/h1-2,4,6,15,17H,3,5,7-13,21H2,(H,22,25)/t15-,17+/m0/s1. The predicted octanol–water partition coefficient (Wildman–Crippen LogP) is 1.07. The number of amides is 2. The van der Waals surface area contributed by atoms with Gasteiger partial charge in [0.2, 0.25) is 5.91 Å². The summed E-state index contributed by atoms with van der Waals surface area (Å²) < 4.78 is 5.87. The number of piperidine rings is 1. The van der Waals surface area contributed by atoms with Crippen molar-refractivity contribution in [2.45, 2.75) is 56.3 Å². The number of hydrogen-bond acceptors (Lipinski definition) is 4. The Labute approximate surface area is 154 Å². The van der Waals surface area contributed by atoms with Crippen LogP contribution in [0.15, 0.2) is 24.3 Å². The van der Waals surface area contributed by atoms with Gasteiger partial charge in [0.1, 0.15) is 6.10 Å². The van der Waals surface area contributed by atoms with Gasteiger partial charge in [-0.1, -0.05) is 24.3 Å². The Morgan fingerprint density at radius 3 is 2.81 bits per heavy atom. The first-order chi connectivity index (χ1) is 12.6.